The number of aromatic nitrogens is 2. The van der Waals surface area contributed by atoms with Gasteiger partial charge in [-0.05, 0) is 71.2 Å². The van der Waals surface area contributed by atoms with Gasteiger partial charge in [0.25, 0.3) is 5.91 Å². The lowest BCUT2D eigenvalue weighted by Gasteiger charge is -2.31. The van der Waals surface area contributed by atoms with E-state index in [1.807, 2.05) is 64.7 Å². The summed E-state index contributed by atoms with van der Waals surface area (Å²) in [5, 5.41) is 7.42. The quantitative estimate of drug-likeness (QED) is 0.0964. The van der Waals surface area contributed by atoms with E-state index in [2.05, 4.69) is 89.1 Å². The highest BCUT2D eigenvalue weighted by Crippen LogP contribution is 2.36. The molecule has 0 spiro atoms. The SMILES string of the molecule is CCCN(Cc1ncc(-c2ccc(-c3ccc(C4=CNC(CN(CCC)C(=O)[C@H](NC(=O)c5cccnc5)C5=CC=CCC5)S4)cc3)cc2)s1)C(=O)Cc1ccccc1. The Hall–Kier alpha value is -5.78. The third-order valence-corrected chi connectivity index (χ3v) is 12.5. The largest absolute Gasteiger partial charge is 0.376 e. The zero-order valence-electron chi connectivity index (χ0n) is 33.6. The van der Waals surface area contributed by atoms with Gasteiger partial charge in [-0.2, -0.15) is 0 Å². The van der Waals surface area contributed by atoms with Gasteiger partial charge in [-0.15, -0.1) is 11.3 Å². The first kappa shape index (κ1) is 41.4. The molecule has 2 atom stereocenters. The van der Waals surface area contributed by atoms with Gasteiger partial charge in [0.05, 0.1) is 35.3 Å². The fraction of sp³-hybridized carbons (Fsp3) is 0.271. The van der Waals surface area contributed by atoms with Gasteiger partial charge in [-0.3, -0.25) is 19.4 Å². The minimum Gasteiger partial charge on any atom is -0.376 e. The lowest BCUT2D eigenvalue weighted by molar-refractivity contribution is -0.132. The molecular weight excluding hydrogens is 773 g/mol. The number of rotatable bonds is 17. The summed E-state index contributed by atoms with van der Waals surface area (Å²) >= 11 is 3.35. The summed E-state index contributed by atoms with van der Waals surface area (Å²) in [5.41, 5.74) is 6.81. The van der Waals surface area contributed by atoms with Crippen LogP contribution < -0.4 is 10.6 Å². The minimum absolute atomic E-state index is 0.0284. The van der Waals surface area contributed by atoms with E-state index in [9.17, 15) is 14.4 Å². The number of carbonyl (C=O) groups is 3. The fourth-order valence-electron chi connectivity index (χ4n) is 7.24. The maximum absolute atomic E-state index is 14.2. The molecule has 0 saturated heterocycles. The van der Waals surface area contributed by atoms with Crippen molar-refractivity contribution in [3.63, 3.8) is 0 Å². The second-order valence-corrected chi connectivity index (χ2v) is 17.0. The first-order chi connectivity index (χ1) is 28.9. The number of nitrogens with zero attached hydrogens (tertiary/aromatic N) is 4. The standard InChI is InChI=1S/C48H50N6O3S2/c1-3-26-53(45(55)28-34-12-7-5-8-13-34)32-43-50-30-41(58-43)37-21-17-35(18-22-37)36-19-23-38(24-20-36)42-31-51-44(59-42)33-54(27-4-2)48(57)46(39-14-9-6-10-15-39)52-47(56)40-16-11-25-49-29-40/h5-9,11-14,16-25,29-31,44,46,51H,3-4,10,15,26-28,32-33H2,1-2H3,(H,52,56)/t44?,46-/m1/s1. The number of hydrogen-bond donors (Lipinski definition) is 2. The number of hydrogen-bond acceptors (Lipinski definition) is 8. The fourth-order valence-corrected chi connectivity index (χ4v) is 9.28. The maximum Gasteiger partial charge on any atom is 0.253 e. The van der Waals surface area contributed by atoms with Gasteiger partial charge in [-0.25, -0.2) is 4.98 Å². The van der Waals surface area contributed by atoms with E-state index < -0.39 is 6.04 Å². The molecule has 1 unspecified atom stereocenters. The van der Waals surface area contributed by atoms with Crippen molar-refractivity contribution in [2.45, 2.75) is 63.9 Å². The summed E-state index contributed by atoms with van der Waals surface area (Å²) in [5.74, 6) is -0.291. The van der Waals surface area contributed by atoms with Crippen molar-refractivity contribution in [3.8, 4) is 21.6 Å². The summed E-state index contributed by atoms with van der Waals surface area (Å²) in [6, 6.07) is 29.7. The number of pyridine rings is 1. The van der Waals surface area contributed by atoms with Gasteiger partial charge in [0.2, 0.25) is 11.8 Å². The molecule has 9 nitrogen and oxygen atoms in total. The van der Waals surface area contributed by atoms with Crippen molar-refractivity contribution >= 4 is 45.7 Å². The van der Waals surface area contributed by atoms with Gasteiger partial charge in [0.1, 0.15) is 11.0 Å². The molecule has 3 aromatic carbocycles. The summed E-state index contributed by atoms with van der Waals surface area (Å²) in [4.78, 5) is 55.3. The highest BCUT2D eigenvalue weighted by Gasteiger charge is 2.32. The molecule has 3 heterocycles. The zero-order valence-corrected chi connectivity index (χ0v) is 35.2. The molecule has 2 aliphatic rings. The van der Waals surface area contributed by atoms with Gasteiger partial charge in [0.15, 0.2) is 0 Å². The first-order valence-electron chi connectivity index (χ1n) is 20.3. The van der Waals surface area contributed by atoms with E-state index in [4.69, 9.17) is 0 Å². The molecule has 1 aliphatic carbocycles. The molecule has 0 bridgehead atoms. The van der Waals surface area contributed by atoms with Crippen LogP contribution in [-0.2, 0) is 22.6 Å². The smallest absolute Gasteiger partial charge is 0.253 e. The van der Waals surface area contributed by atoms with Crippen LogP contribution in [0.15, 0.2) is 140 Å². The predicted molar refractivity (Wildman–Crippen MR) is 240 cm³/mol. The second-order valence-electron chi connectivity index (χ2n) is 14.7. The van der Waals surface area contributed by atoms with E-state index in [1.54, 1.807) is 41.4 Å². The van der Waals surface area contributed by atoms with Gasteiger partial charge in [0, 0.05) is 42.8 Å². The Morgan fingerprint density at radius 1 is 0.847 bits per heavy atom. The number of thiazole rings is 1. The van der Waals surface area contributed by atoms with E-state index in [-0.39, 0.29) is 23.1 Å². The lowest BCUT2D eigenvalue weighted by atomic mass is 9.96. The van der Waals surface area contributed by atoms with Crippen LogP contribution in [0.5, 0.6) is 0 Å². The van der Waals surface area contributed by atoms with Crippen LogP contribution in [0, 0.1) is 0 Å². The molecule has 0 fully saturated rings. The summed E-state index contributed by atoms with van der Waals surface area (Å²) in [7, 11) is 0. The Labute approximate surface area is 355 Å². The molecule has 11 heteroatoms. The van der Waals surface area contributed by atoms with Crippen LogP contribution in [0.1, 0.15) is 66.0 Å². The lowest BCUT2D eigenvalue weighted by Crippen LogP contribution is -2.52. The van der Waals surface area contributed by atoms with Crippen molar-refractivity contribution in [2.75, 3.05) is 19.6 Å². The Morgan fingerprint density at radius 2 is 1.56 bits per heavy atom. The monoisotopic (exact) mass is 822 g/mol. The Kier molecular flexibility index (Phi) is 14.2. The average Bonchev–Trinajstić information content (AvgIpc) is 3.96. The molecule has 3 amide bonds. The van der Waals surface area contributed by atoms with Crippen LogP contribution in [0.4, 0.5) is 0 Å². The summed E-state index contributed by atoms with van der Waals surface area (Å²) < 4.78 is 0. The molecule has 2 N–H and O–H groups in total. The predicted octanol–water partition coefficient (Wildman–Crippen LogP) is 9.13. The third kappa shape index (κ3) is 10.8. The molecule has 2 aromatic heterocycles. The normalized spacial score (nSPS) is 15.1. The number of carbonyl (C=O) groups excluding carboxylic acids is 3. The van der Waals surface area contributed by atoms with Crippen LogP contribution in [0.3, 0.4) is 0 Å². The minimum atomic E-state index is -0.747. The van der Waals surface area contributed by atoms with Crippen molar-refractivity contribution < 1.29 is 14.4 Å². The van der Waals surface area contributed by atoms with E-state index in [0.717, 1.165) is 67.4 Å². The Bertz CT molecular complexity index is 2290. The highest BCUT2D eigenvalue weighted by atomic mass is 32.2. The van der Waals surface area contributed by atoms with Gasteiger partial charge in [-0.1, -0.05) is 123 Å². The molecule has 0 radical (unpaired) electrons. The van der Waals surface area contributed by atoms with Gasteiger partial charge >= 0.3 is 0 Å². The number of nitrogens with one attached hydrogen (secondary N) is 2. The summed E-state index contributed by atoms with van der Waals surface area (Å²) in [6.07, 6.45) is 16.7. The molecular formula is C48H50N6O3S2. The summed E-state index contributed by atoms with van der Waals surface area (Å²) in [6.45, 7) is 6.45. The molecule has 1 aliphatic heterocycles. The Balaban J connectivity index is 0.952. The van der Waals surface area contributed by atoms with Crippen molar-refractivity contribution in [3.05, 3.63) is 161 Å². The van der Waals surface area contributed by atoms with E-state index >= 15 is 0 Å². The van der Waals surface area contributed by atoms with Crippen LogP contribution in [-0.4, -0.2) is 68.5 Å². The average molecular weight is 823 g/mol. The molecule has 7 rings (SSSR count). The van der Waals surface area contributed by atoms with Crippen molar-refractivity contribution in [2.24, 2.45) is 0 Å². The Morgan fingerprint density at radius 3 is 2.24 bits per heavy atom. The first-order valence-corrected chi connectivity index (χ1v) is 22.0. The van der Waals surface area contributed by atoms with Gasteiger partial charge < -0.3 is 20.4 Å². The number of benzene rings is 3. The zero-order chi connectivity index (χ0) is 41.0. The topological polar surface area (TPSA) is 108 Å². The van der Waals surface area contributed by atoms with Crippen molar-refractivity contribution in [1.29, 1.82) is 0 Å². The molecule has 5 aromatic rings. The number of amides is 3. The van der Waals surface area contributed by atoms with Crippen LogP contribution in [0.2, 0.25) is 0 Å². The van der Waals surface area contributed by atoms with Crippen LogP contribution in [0.25, 0.3) is 26.5 Å². The van der Waals surface area contributed by atoms with Crippen LogP contribution >= 0.6 is 23.1 Å². The van der Waals surface area contributed by atoms with E-state index in [1.165, 1.54) is 6.20 Å². The molecule has 302 valence electrons. The van der Waals surface area contributed by atoms with Crippen molar-refractivity contribution in [1.82, 2.24) is 30.4 Å². The maximum atomic E-state index is 14.2. The second kappa shape index (κ2) is 20.3. The highest BCUT2D eigenvalue weighted by molar-refractivity contribution is 8.09. The third-order valence-electron chi connectivity index (χ3n) is 10.3. The molecule has 0 saturated carbocycles. The number of allylic oxidation sites excluding steroid dienone is 3. The van der Waals surface area contributed by atoms with E-state index in [0.29, 0.717) is 44.6 Å². The number of thioether (sulfide) groups is 1. The molecule has 59 heavy (non-hydrogen) atoms.